The highest BCUT2D eigenvalue weighted by atomic mass is 19.1. The van der Waals surface area contributed by atoms with Crippen LogP contribution in [0.5, 0.6) is 11.5 Å². The lowest BCUT2D eigenvalue weighted by molar-refractivity contribution is 0.266. The third kappa shape index (κ3) is 3.37. The summed E-state index contributed by atoms with van der Waals surface area (Å²) < 4.78 is 24.6. The lowest BCUT2D eigenvalue weighted by atomic mass is 10.2. The largest absolute Gasteiger partial charge is 0.490 e. The zero-order valence-corrected chi connectivity index (χ0v) is 10.7. The van der Waals surface area contributed by atoms with Crippen molar-refractivity contribution in [2.24, 2.45) is 0 Å². The summed E-state index contributed by atoms with van der Waals surface area (Å²) in [5, 5.41) is 0. The van der Waals surface area contributed by atoms with Gasteiger partial charge in [0.25, 0.3) is 0 Å². The predicted octanol–water partition coefficient (Wildman–Crippen LogP) is 3.39. The van der Waals surface area contributed by atoms with E-state index in [2.05, 4.69) is 0 Å². The van der Waals surface area contributed by atoms with Gasteiger partial charge in [0.05, 0.1) is 6.61 Å². The van der Waals surface area contributed by atoms with Gasteiger partial charge >= 0.3 is 0 Å². The van der Waals surface area contributed by atoms with Crippen molar-refractivity contribution in [1.29, 1.82) is 0 Å². The summed E-state index contributed by atoms with van der Waals surface area (Å²) in [7, 11) is 0. The number of anilines is 1. The summed E-state index contributed by atoms with van der Waals surface area (Å²) in [6.45, 7) is 2.59. The summed E-state index contributed by atoms with van der Waals surface area (Å²) in [4.78, 5) is 0. The summed E-state index contributed by atoms with van der Waals surface area (Å²) >= 11 is 0. The first-order valence-electron chi connectivity index (χ1n) is 6.09. The number of para-hydroxylation sites is 2. The minimum atomic E-state index is -0.367. The van der Waals surface area contributed by atoms with Gasteiger partial charge < -0.3 is 15.2 Å². The summed E-state index contributed by atoms with van der Waals surface area (Å²) in [5.74, 6) is 0.885. The molecule has 2 N–H and O–H groups in total. The van der Waals surface area contributed by atoms with Gasteiger partial charge in [-0.2, -0.15) is 0 Å². The van der Waals surface area contributed by atoms with Gasteiger partial charge in [0.15, 0.2) is 11.5 Å². The number of ether oxygens (including phenoxy) is 2. The fraction of sp³-hybridized carbons (Fsp3) is 0.200. The molecule has 2 aromatic carbocycles. The van der Waals surface area contributed by atoms with Gasteiger partial charge in [0, 0.05) is 11.3 Å². The maximum Gasteiger partial charge on any atom is 0.161 e. The molecule has 0 aromatic heterocycles. The second-order valence-corrected chi connectivity index (χ2v) is 4.02. The van der Waals surface area contributed by atoms with Crippen LogP contribution in [0.15, 0.2) is 42.5 Å². The molecule has 2 aromatic rings. The van der Waals surface area contributed by atoms with Gasteiger partial charge in [0.2, 0.25) is 0 Å². The summed E-state index contributed by atoms with van der Waals surface area (Å²) in [5.41, 5.74) is 6.36. The molecule has 100 valence electrons. The Labute approximate surface area is 111 Å². The molecule has 0 saturated carbocycles. The number of hydrogen-bond acceptors (Lipinski definition) is 3. The zero-order chi connectivity index (χ0) is 13.7. The van der Waals surface area contributed by atoms with E-state index in [1.807, 2.05) is 25.1 Å². The van der Waals surface area contributed by atoms with Crippen molar-refractivity contribution in [3.63, 3.8) is 0 Å². The summed E-state index contributed by atoms with van der Waals surface area (Å²) in [6.07, 6.45) is 0. The number of halogens is 1. The quantitative estimate of drug-likeness (QED) is 0.839. The molecular formula is C15H16FNO2. The standard InChI is InChI=1S/C15H16FNO2/c1-2-18-14-5-3-4-6-15(14)19-10-11-7-8-12(17)9-13(11)16/h3-9H,2,10,17H2,1H3. The molecule has 0 heterocycles. The van der Waals surface area contributed by atoms with Crippen molar-refractivity contribution in [2.75, 3.05) is 12.3 Å². The zero-order valence-electron chi connectivity index (χ0n) is 10.7. The first-order valence-corrected chi connectivity index (χ1v) is 6.09. The Morgan fingerprint density at radius 3 is 2.37 bits per heavy atom. The van der Waals surface area contributed by atoms with E-state index in [1.165, 1.54) is 6.07 Å². The van der Waals surface area contributed by atoms with Crippen molar-refractivity contribution in [3.05, 3.63) is 53.8 Å². The van der Waals surface area contributed by atoms with Crippen LogP contribution in [0.2, 0.25) is 0 Å². The maximum absolute atomic E-state index is 13.6. The molecule has 0 aliphatic rings. The van der Waals surface area contributed by atoms with E-state index < -0.39 is 0 Å². The Hall–Kier alpha value is -2.23. The number of benzene rings is 2. The third-order valence-corrected chi connectivity index (χ3v) is 2.61. The number of nitrogens with two attached hydrogens (primary N) is 1. The Kier molecular flexibility index (Phi) is 4.23. The highest BCUT2D eigenvalue weighted by molar-refractivity contribution is 5.41. The fourth-order valence-electron chi connectivity index (χ4n) is 1.68. The van der Waals surface area contributed by atoms with Gasteiger partial charge in [-0.25, -0.2) is 4.39 Å². The summed E-state index contributed by atoms with van der Waals surface area (Å²) in [6, 6.07) is 11.9. The molecule has 19 heavy (non-hydrogen) atoms. The molecule has 0 atom stereocenters. The molecular weight excluding hydrogens is 245 g/mol. The number of hydrogen-bond donors (Lipinski definition) is 1. The molecule has 0 unspecified atom stereocenters. The average molecular weight is 261 g/mol. The van der Waals surface area contributed by atoms with Crippen LogP contribution in [0.25, 0.3) is 0 Å². The molecule has 2 rings (SSSR count). The molecule has 0 aliphatic heterocycles. The molecule has 3 nitrogen and oxygen atoms in total. The van der Waals surface area contributed by atoms with E-state index in [0.29, 0.717) is 29.4 Å². The fourth-order valence-corrected chi connectivity index (χ4v) is 1.68. The first-order chi connectivity index (χ1) is 9.20. The maximum atomic E-state index is 13.6. The van der Waals surface area contributed by atoms with E-state index in [-0.39, 0.29) is 12.4 Å². The molecule has 0 aliphatic carbocycles. The lowest BCUT2D eigenvalue weighted by Gasteiger charge is -2.12. The highest BCUT2D eigenvalue weighted by Crippen LogP contribution is 2.27. The van der Waals surface area contributed by atoms with Crippen molar-refractivity contribution in [2.45, 2.75) is 13.5 Å². The Morgan fingerprint density at radius 2 is 1.74 bits per heavy atom. The lowest BCUT2D eigenvalue weighted by Crippen LogP contribution is -2.01. The van der Waals surface area contributed by atoms with Crippen molar-refractivity contribution in [1.82, 2.24) is 0 Å². The van der Waals surface area contributed by atoms with E-state index in [0.717, 1.165) is 0 Å². The van der Waals surface area contributed by atoms with E-state index in [1.54, 1.807) is 18.2 Å². The Bertz CT molecular complexity index is 558. The minimum Gasteiger partial charge on any atom is -0.490 e. The Morgan fingerprint density at radius 1 is 1.05 bits per heavy atom. The van der Waals surface area contributed by atoms with Gasteiger partial charge in [-0.05, 0) is 31.2 Å². The van der Waals surface area contributed by atoms with Crippen LogP contribution in [-0.4, -0.2) is 6.61 Å². The number of rotatable bonds is 5. The van der Waals surface area contributed by atoms with Crippen LogP contribution in [0.4, 0.5) is 10.1 Å². The van der Waals surface area contributed by atoms with Crippen molar-refractivity contribution in [3.8, 4) is 11.5 Å². The monoisotopic (exact) mass is 261 g/mol. The Balaban J connectivity index is 2.10. The van der Waals surface area contributed by atoms with Gasteiger partial charge in [-0.15, -0.1) is 0 Å². The van der Waals surface area contributed by atoms with E-state index in [9.17, 15) is 4.39 Å². The van der Waals surface area contributed by atoms with Crippen molar-refractivity contribution < 1.29 is 13.9 Å². The normalized spacial score (nSPS) is 10.2. The number of nitrogen functional groups attached to an aromatic ring is 1. The molecule has 0 fully saturated rings. The van der Waals surface area contributed by atoms with Crippen LogP contribution in [0.1, 0.15) is 12.5 Å². The molecule has 0 saturated heterocycles. The molecule has 0 radical (unpaired) electrons. The van der Waals surface area contributed by atoms with E-state index >= 15 is 0 Å². The van der Waals surface area contributed by atoms with Crippen LogP contribution in [-0.2, 0) is 6.61 Å². The predicted molar refractivity (Wildman–Crippen MR) is 72.8 cm³/mol. The first kappa shape index (κ1) is 13.2. The van der Waals surface area contributed by atoms with E-state index in [4.69, 9.17) is 15.2 Å². The van der Waals surface area contributed by atoms with Crippen LogP contribution >= 0.6 is 0 Å². The van der Waals surface area contributed by atoms with Crippen LogP contribution in [0, 0.1) is 5.82 Å². The second-order valence-electron chi connectivity index (χ2n) is 4.02. The topological polar surface area (TPSA) is 44.5 Å². The van der Waals surface area contributed by atoms with Gasteiger partial charge in [0.1, 0.15) is 12.4 Å². The van der Waals surface area contributed by atoms with Crippen LogP contribution in [0.3, 0.4) is 0 Å². The molecule has 4 heteroatoms. The molecule has 0 bridgehead atoms. The molecule has 0 amide bonds. The van der Waals surface area contributed by atoms with Crippen LogP contribution < -0.4 is 15.2 Å². The SMILES string of the molecule is CCOc1ccccc1OCc1ccc(N)cc1F. The second kappa shape index (κ2) is 6.09. The third-order valence-electron chi connectivity index (χ3n) is 2.61. The minimum absolute atomic E-state index is 0.135. The van der Waals surface area contributed by atoms with Crippen molar-refractivity contribution >= 4 is 5.69 Å². The molecule has 0 spiro atoms. The van der Waals surface area contributed by atoms with Gasteiger partial charge in [-0.3, -0.25) is 0 Å². The van der Waals surface area contributed by atoms with Gasteiger partial charge in [-0.1, -0.05) is 18.2 Å². The average Bonchev–Trinajstić information content (AvgIpc) is 2.40. The highest BCUT2D eigenvalue weighted by Gasteiger charge is 2.07. The smallest absolute Gasteiger partial charge is 0.161 e.